The average Bonchev–Trinajstić information content (AvgIpc) is 3.19. The summed E-state index contributed by atoms with van der Waals surface area (Å²) in [6, 6.07) is 0. The highest BCUT2D eigenvalue weighted by molar-refractivity contribution is 6.01. The Morgan fingerprint density at radius 3 is 2.00 bits per heavy atom. The molecule has 326 valence electrons. The third-order valence-electron chi connectivity index (χ3n) is 10.1. The van der Waals surface area contributed by atoms with Crippen molar-refractivity contribution < 1.29 is 73.8 Å². The largest absolute Gasteiger partial charge is 0.463 e. The molecule has 0 radical (unpaired) electrons. The van der Waals surface area contributed by atoms with Crippen molar-refractivity contribution in [2.75, 3.05) is 13.2 Å². The third-order valence-corrected chi connectivity index (χ3v) is 10.1. The van der Waals surface area contributed by atoms with Crippen LogP contribution in [0.2, 0.25) is 0 Å². The standard InChI is InChI=1S/C44H60O15/c1-8-9-13-25(2)14-10-11-15-26(3)16-12-17-27(4)18-19-29-28(5)35(48)30(22-44(29,6)7)56-34(47)21-20-33(46)55-24-32-41(38(51)39(52)42(54)57-32)59-43-40(53)37(50)36(49)31(23-45)58-43/h8-19,30-32,36-43,45,49-54H,1,20-24H2,2-7H3/b11-10+,13-9+,16-12+,19-18+,25-14+,26-15+,27-17+. The summed E-state index contributed by atoms with van der Waals surface area (Å²) >= 11 is 0. The molecule has 59 heavy (non-hydrogen) atoms. The summed E-state index contributed by atoms with van der Waals surface area (Å²) in [5.41, 5.74) is 3.85. The molecule has 2 heterocycles. The predicted octanol–water partition coefficient (Wildman–Crippen LogP) is 2.41. The minimum atomic E-state index is -1.93. The van der Waals surface area contributed by atoms with E-state index >= 15 is 0 Å². The lowest BCUT2D eigenvalue weighted by molar-refractivity contribution is -0.355. The minimum absolute atomic E-state index is 0.212. The Morgan fingerprint density at radius 2 is 1.37 bits per heavy atom. The zero-order valence-electron chi connectivity index (χ0n) is 34.4. The van der Waals surface area contributed by atoms with E-state index in [1.165, 1.54) is 0 Å². The predicted molar refractivity (Wildman–Crippen MR) is 216 cm³/mol. The van der Waals surface area contributed by atoms with Crippen molar-refractivity contribution in [1.82, 2.24) is 0 Å². The number of esters is 2. The number of carbonyl (C=O) groups excluding carboxylic acids is 3. The van der Waals surface area contributed by atoms with Crippen LogP contribution in [0.3, 0.4) is 0 Å². The molecule has 0 aromatic heterocycles. The smallest absolute Gasteiger partial charge is 0.307 e. The molecule has 2 fully saturated rings. The van der Waals surface area contributed by atoms with Crippen LogP contribution in [0.5, 0.6) is 0 Å². The van der Waals surface area contributed by atoms with Crippen molar-refractivity contribution in [2.45, 2.75) is 128 Å². The second-order valence-corrected chi connectivity index (χ2v) is 15.4. The van der Waals surface area contributed by atoms with Crippen LogP contribution in [0.4, 0.5) is 0 Å². The van der Waals surface area contributed by atoms with Gasteiger partial charge in [-0.3, -0.25) is 14.4 Å². The number of carbonyl (C=O) groups is 3. The SMILES string of the molecule is C=C/C=C/C(C)=C/C=C/C=C(C)/C=C/C=C(C)/C=C/C1=C(C)C(=O)C(OC(=O)CCC(=O)OCC2OC(O)C(O)C(O)C2OC2OC(CO)C(O)C(O)C2O)CC1(C)C. The number of aliphatic hydroxyl groups is 7. The van der Waals surface area contributed by atoms with Crippen LogP contribution in [0, 0.1) is 5.41 Å². The van der Waals surface area contributed by atoms with Gasteiger partial charge in [0.25, 0.3) is 0 Å². The summed E-state index contributed by atoms with van der Waals surface area (Å²) in [4.78, 5) is 38.8. The van der Waals surface area contributed by atoms with E-state index in [-0.39, 0.29) is 12.2 Å². The molecule has 0 aromatic carbocycles. The summed E-state index contributed by atoms with van der Waals surface area (Å²) in [6.07, 6.45) is 4.24. The summed E-state index contributed by atoms with van der Waals surface area (Å²) in [6.45, 7) is 13.8. The highest BCUT2D eigenvalue weighted by atomic mass is 16.7. The summed E-state index contributed by atoms with van der Waals surface area (Å²) < 4.78 is 26.8. The fraction of sp³-hybridized carbons (Fsp3) is 0.523. The molecule has 2 saturated heterocycles. The molecule has 3 aliphatic rings. The van der Waals surface area contributed by atoms with E-state index in [9.17, 15) is 50.1 Å². The first-order valence-electron chi connectivity index (χ1n) is 19.4. The van der Waals surface area contributed by atoms with E-state index in [0.717, 1.165) is 22.3 Å². The van der Waals surface area contributed by atoms with Gasteiger partial charge in [-0.25, -0.2) is 0 Å². The first-order chi connectivity index (χ1) is 27.8. The maximum absolute atomic E-state index is 13.3. The third kappa shape index (κ3) is 14.2. The van der Waals surface area contributed by atoms with E-state index in [1.54, 1.807) is 13.0 Å². The molecule has 0 bridgehead atoms. The molecular weight excluding hydrogens is 768 g/mol. The van der Waals surface area contributed by atoms with Gasteiger partial charge in [-0.2, -0.15) is 0 Å². The fourth-order valence-electron chi connectivity index (χ4n) is 6.59. The molecule has 0 spiro atoms. The number of aliphatic hydroxyl groups excluding tert-OH is 7. The number of hydrogen-bond donors (Lipinski definition) is 7. The molecule has 15 heteroatoms. The van der Waals surface area contributed by atoms with Gasteiger partial charge in [-0.15, -0.1) is 0 Å². The van der Waals surface area contributed by atoms with Crippen LogP contribution < -0.4 is 0 Å². The van der Waals surface area contributed by atoms with Crippen molar-refractivity contribution in [2.24, 2.45) is 5.41 Å². The quantitative estimate of drug-likeness (QED) is 0.0824. The first-order valence-corrected chi connectivity index (χ1v) is 19.4. The molecule has 0 aromatic rings. The monoisotopic (exact) mass is 828 g/mol. The number of hydrogen-bond acceptors (Lipinski definition) is 15. The van der Waals surface area contributed by atoms with Crippen LogP contribution in [0.25, 0.3) is 0 Å². The van der Waals surface area contributed by atoms with Gasteiger partial charge in [0, 0.05) is 6.42 Å². The fourth-order valence-corrected chi connectivity index (χ4v) is 6.59. The zero-order chi connectivity index (χ0) is 44.0. The van der Waals surface area contributed by atoms with Crippen molar-refractivity contribution in [1.29, 1.82) is 0 Å². The van der Waals surface area contributed by atoms with Gasteiger partial charge >= 0.3 is 11.9 Å². The van der Waals surface area contributed by atoms with Gasteiger partial charge < -0.3 is 59.4 Å². The number of ketones is 1. The van der Waals surface area contributed by atoms with Gasteiger partial charge in [0.05, 0.1) is 19.4 Å². The van der Waals surface area contributed by atoms with Gasteiger partial charge in [-0.05, 0) is 44.3 Å². The van der Waals surface area contributed by atoms with Crippen molar-refractivity contribution in [3.8, 4) is 0 Å². The van der Waals surface area contributed by atoms with Gasteiger partial charge in [-0.1, -0.05) is 110 Å². The second kappa shape index (κ2) is 23.0. The number of ether oxygens (including phenoxy) is 5. The number of Topliss-reactive ketones (excluding diaryl/α,β-unsaturated/α-hetero) is 1. The van der Waals surface area contributed by atoms with Crippen LogP contribution in [0.15, 0.2) is 107 Å². The van der Waals surface area contributed by atoms with Crippen molar-refractivity contribution in [3.63, 3.8) is 0 Å². The number of allylic oxidation sites excluding steroid dienone is 16. The normalized spacial score (nSPS) is 32.5. The Balaban J connectivity index is 1.55. The van der Waals surface area contributed by atoms with Gasteiger partial charge in [0.1, 0.15) is 55.4 Å². The van der Waals surface area contributed by atoms with Crippen LogP contribution in [0.1, 0.15) is 60.8 Å². The molecule has 2 aliphatic heterocycles. The lowest BCUT2D eigenvalue weighted by Gasteiger charge is -2.45. The Labute approximate surface area is 345 Å². The second-order valence-electron chi connectivity index (χ2n) is 15.4. The zero-order valence-corrected chi connectivity index (χ0v) is 34.4. The van der Waals surface area contributed by atoms with E-state index in [4.69, 9.17) is 23.7 Å². The van der Waals surface area contributed by atoms with E-state index in [0.29, 0.717) is 5.57 Å². The van der Waals surface area contributed by atoms with Gasteiger partial charge in [0.15, 0.2) is 24.5 Å². The summed E-state index contributed by atoms with van der Waals surface area (Å²) in [7, 11) is 0. The van der Waals surface area contributed by atoms with Crippen LogP contribution in [-0.2, 0) is 38.1 Å². The highest BCUT2D eigenvalue weighted by Gasteiger charge is 2.50. The lowest BCUT2D eigenvalue weighted by atomic mass is 9.71. The van der Waals surface area contributed by atoms with Crippen LogP contribution >= 0.6 is 0 Å². The Kier molecular flexibility index (Phi) is 19.2. The molecule has 7 N–H and O–H groups in total. The van der Waals surface area contributed by atoms with E-state index < -0.39 is 111 Å². The first kappa shape index (κ1) is 49.2. The molecule has 11 atom stereocenters. The maximum atomic E-state index is 13.3. The molecule has 0 amide bonds. The molecule has 0 saturated carbocycles. The van der Waals surface area contributed by atoms with Crippen molar-refractivity contribution >= 4 is 17.7 Å². The lowest BCUT2D eigenvalue weighted by Crippen LogP contribution is -2.64. The number of rotatable bonds is 17. The highest BCUT2D eigenvalue weighted by Crippen LogP contribution is 2.41. The summed E-state index contributed by atoms with van der Waals surface area (Å²) in [5, 5.41) is 70.8. The molecule has 11 unspecified atom stereocenters. The van der Waals surface area contributed by atoms with Gasteiger partial charge in [0.2, 0.25) is 0 Å². The average molecular weight is 829 g/mol. The molecule has 1 aliphatic carbocycles. The summed E-state index contributed by atoms with van der Waals surface area (Å²) in [5.74, 6) is -2.08. The van der Waals surface area contributed by atoms with Crippen LogP contribution in [-0.4, -0.2) is 134 Å². The van der Waals surface area contributed by atoms with E-state index in [2.05, 4.69) is 6.58 Å². The van der Waals surface area contributed by atoms with Crippen molar-refractivity contribution in [3.05, 3.63) is 107 Å². The Hall–Kier alpha value is -4.13. The molecule has 3 rings (SSSR count). The minimum Gasteiger partial charge on any atom is -0.463 e. The molecular formula is C44H60O15. The Bertz CT molecular complexity index is 1730. The Morgan fingerprint density at radius 1 is 0.780 bits per heavy atom. The molecule has 15 nitrogen and oxygen atoms in total. The topological polar surface area (TPSA) is 239 Å². The maximum Gasteiger partial charge on any atom is 0.307 e. The van der Waals surface area contributed by atoms with E-state index in [1.807, 2.05) is 101 Å².